The lowest BCUT2D eigenvalue weighted by Gasteiger charge is -2.40. The second-order valence-electron chi connectivity index (χ2n) is 11.6. The summed E-state index contributed by atoms with van der Waals surface area (Å²) in [6.07, 6.45) is 17.0. The minimum absolute atomic E-state index is 0.465. The second-order valence-corrected chi connectivity index (χ2v) is 11.6. The zero-order valence-electron chi connectivity index (χ0n) is 25.1. The number of allylic oxidation sites excluding steroid dienone is 2. The first-order valence-electron chi connectivity index (χ1n) is 15.4. The fourth-order valence-corrected chi connectivity index (χ4v) is 6.65. The van der Waals surface area contributed by atoms with Gasteiger partial charge in [0.1, 0.15) is 11.5 Å². The van der Waals surface area contributed by atoms with Crippen LogP contribution < -0.4 is 9.47 Å². The highest BCUT2D eigenvalue weighted by atomic mass is 16.5. The summed E-state index contributed by atoms with van der Waals surface area (Å²) < 4.78 is 10.8. The molecule has 0 aromatic heterocycles. The Kier molecular flexibility index (Phi) is 10.7. The van der Waals surface area contributed by atoms with Gasteiger partial charge < -0.3 is 9.47 Å². The topological polar surface area (TPSA) is 18.5 Å². The smallest absolute Gasteiger partial charge is 0.118 e. The molecule has 0 radical (unpaired) electrons. The van der Waals surface area contributed by atoms with Crippen LogP contribution in [0.2, 0.25) is 0 Å². The van der Waals surface area contributed by atoms with E-state index in [9.17, 15) is 0 Å². The number of benzene rings is 4. The Morgan fingerprint density at radius 3 is 1.29 bits per heavy atom. The molecule has 1 aliphatic rings. The molecule has 0 spiro atoms. The van der Waals surface area contributed by atoms with E-state index < -0.39 is 0 Å². The number of ether oxygens (including phenoxy) is 2. The van der Waals surface area contributed by atoms with Gasteiger partial charge in [-0.2, -0.15) is 0 Å². The molecule has 42 heavy (non-hydrogen) atoms. The molecule has 5 rings (SSSR count). The molecular formula is C40H44O2. The van der Waals surface area contributed by atoms with Crippen LogP contribution >= 0.6 is 0 Å². The Bertz CT molecular complexity index is 1280. The minimum Gasteiger partial charge on any atom is -0.497 e. The third kappa shape index (κ3) is 8.26. The highest BCUT2D eigenvalue weighted by Crippen LogP contribution is 2.43. The quantitative estimate of drug-likeness (QED) is 0.173. The summed E-state index contributed by atoms with van der Waals surface area (Å²) in [5, 5.41) is 0. The van der Waals surface area contributed by atoms with Crippen molar-refractivity contribution in [1.82, 2.24) is 0 Å². The molecular weight excluding hydrogens is 512 g/mol. The second kappa shape index (κ2) is 15.3. The van der Waals surface area contributed by atoms with Crippen molar-refractivity contribution in [2.75, 3.05) is 14.2 Å². The Hall–Kier alpha value is -4.04. The van der Waals surface area contributed by atoms with E-state index in [1.54, 1.807) is 14.2 Å². The molecule has 4 unspecified atom stereocenters. The molecule has 0 aliphatic heterocycles. The van der Waals surface area contributed by atoms with Gasteiger partial charge >= 0.3 is 0 Å². The van der Waals surface area contributed by atoms with Crippen LogP contribution in [0, 0.1) is 23.7 Å². The third-order valence-electron chi connectivity index (χ3n) is 8.91. The van der Waals surface area contributed by atoms with Crippen LogP contribution in [0.15, 0.2) is 121 Å². The average molecular weight is 557 g/mol. The predicted molar refractivity (Wildman–Crippen MR) is 177 cm³/mol. The van der Waals surface area contributed by atoms with E-state index in [1.807, 2.05) is 0 Å². The highest BCUT2D eigenvalue weighted by Gasteiger charge is 2.35. The van der Waals surface area contributed by atoms with Crippen LogP contribution in [0.25, 0.3) is 12.2 Å². The van der Waals surface area contributed by atoms with Crippen molar-refractivity contribution in [3.8, 4) is 11.5 Å². The summed E-state index contributed by atoms with van der Waals surface area (Å²) in [7, 11) is 3.44. The molecule has 1 fully saturated rings. The Morgan fingerprint density at radius 1 is 0.548 bits per heavy atom. The van der Waals surface area contributed by atoms with Crippen LogP contribution in [0.4, 0.5) is 0 Å². The lowest BCUT2D eigenvalue weighted by molar-refractivity contribution is 0.144. The van der Waals surface area contributed by atoms with Crippen molar-refractivity contribution < 1.29 is 9.47 Å². The van der Waals surface area contributed by atoms with E-state index in [-0.39, 0.29) is 0 Å². The largest absolute Gasteiger partial charge is 0.497 e. The number of methoxy groups -OCH3 is 2. The van der Waals surface area contributed by atoms with Gasteiger partial charge in [0.15, 0.2) is 0 Å². The zero-order chi connectivity index (χ0) is 29.0. The molecule has 2 heteroatoms. The fourth-order valence-electron chi connectivity index (χ4n) is 6.65. The minimum atomic E-state index is 0.465. The summed E-state index contributed by atoms with van der Waals surface area (Å²) in [6, 6.07) is 38.9. The standard InChI is InChI=1S/C40H44O2/c1-41-37-25-19-31(20-26-37)17-23-35(29-33-11-5-3-6-12-33)39-15-9-10-16-40(39)36(30-34-13-7-4-8-14-34)24-18-32-21-27-38(42-2)28-22-32/h3-8,11-14,17-28,35-36,39-40H,9-10,15-16,29-30H2,1-2H3/b23-17+,24-18+. The number of hydrogen-bond acceptors (Lipinski definition) is 2. The molecule has 4 aromatic rings. The van der Waals surface area contributed by atoms with Crippen LogP contribution in [0.5, 0.6) is 11.5 Å². The normalized spacial score (nSPS) is 18.6. The van der Waals surface area contributed by atoms with E-state index in [0.717, 1.165) is 24.3 Å². The van der Waals surface area contributed by atoms with Crippen molar-refractivity contribution in [1.29, 1.82) is 0 Å². The van der Waals surface area contributed by atoms with Gasteiger partial charge in [-0.15, -0.1) is 0 Å². The first-order chi connectivity index (χ1) is 20.7. The molecule has 2 nitrogen and oxygen atoms in total. The molecule has 0 heterocycles. The lowest BCUT2D eigenvalue weighted by atomic mass is 9.65. The first kappa shape index (κ1) is 29.5. The van der Waals surface area contributed by atoms with Crippen LogP contribution in [-0.2, 0) is 12.8 Å². The molecule has 4 aromatic carbocycles. The Morgan fingerprint density at radius 2 is 0.929 bits per heavy atom. The highest BCUT2D eigenvalue weighted by molar-refractivity contribution is 5.52. The first-order valence-corrected chi connectivity index (χ1v) is 15.4. The van der Waals surface area contributed by atoms with E-state index in [1.165, 1.54) is 47.9 Å². The molecule has 0 saturated heterocycles. The van der Waals surface area contributed by atoms with Crippen molar-refractivity contribution in [2.24, 2.45) is 23.7 Å². The van der Waals surface area contributed by atoms with E-state index >= 15 is 0 Å². The van der Waals surface area contributed by atoms with Gasteiger partial charge in [-0.05, 0) is 95.9 Å². The van der Waals surface area contributed by atoms with Gasteiger partial charge in [0.25, 0.3) is 0 Å². The summed E-state index contributed by atoms with van der Waals surface area (Å²) in [6.45, 7) is 0. The maximum atomic E-state index is 5.39. The molecule has 0 amide bonds. The van der Waals surface area contributed by atoms with Crippen molar-refractivity contribution in [3.05, 3.63) is 144 Å². The molecule has 4 atom stereocenters. The molecule has 1 aliphatic carbocycles. The third-order valence-corrected chi connectivity index (χ3v) is 8.91. The van der Waals surface area contributed by atoms with Gasteiger partial charge in [-0.25, -0.2) is 0 Å². The van der Waals surface area contributed by atoms with E-state index in [4.69, 9.17) is 9.47 Å². The Balaban J connectivity index is 1.46. The molecule has 0 bridgehead atoms. The zero-order valence-corrected chi connectivity index (χ0v) is 25.1. The van der Waals surface area contributed by atoms with E-state index in [0.29, 0.717) is 23.7 Å². The average Bonchev–Trinajstić information content (AvgIpc) is 3.06. The van der Waals surface area contributed by atoms with Gasteiger partial charge in [0, 0.05) is 0 Å². The lowest BCUT2D eigenvalue weighted by Crippen LogP contribution is -2.33. The van der Waals surface area contributed by atoms with E-state index in [2.05, 4.69) is 133 Å². The summed E-state index contributed by atoms with van der Waals surface area (Å²) in [5.74, 6) is 3.95. The predicted octanol–water partition coefficient (Wildman–Crippen LogP) is 9.95. The van der Waals surface area contributed by atoms with Crippen LogP contribution in [0.1, 0.15) is 47.9 Å². The summed E-state index contributed by atoms with van der Waals surface area (Å²) in [5.41, 5.74) is 5.28. The maximum Gasteiger partial charge on any atom is 0.118 e. The van der Waals surface area contributed by atoms with Crippen molar-refractivity contribution >= 4 is 12.2 Å². The van der Waals surface area contributed by atoms with Crippen LogP contribution in [-0.4, -0.2) is 14.2 Å². The fraction of sp³-hybridized carbons (Fsp3) is 0.300. The number of hydrogen-bond donors (Lipinski definition) is 0. The van der Waals surface area contributed by atoms with Crippen molar-refractivity contribution in [2.45, 2.75) is 38.5 Å². The van der Waals surface area contributed by atoms with Gasteiger partial charge in [0.05, 0.1) is 14.2 Å². The van der Waals surface area contributed by atoms with Crippen LogP contribution in [0.3, 0.4) is 0 Å². The molecule has 216 valence electrons. The monoisotopic (exact) mass is 556 g/mol. The summed E-state index contributed by atoms with van der Waals surface area (Å²) in [4.78, 5) is 0. The Labute approximate surface area is 252 Å². The number of rotatable bonds is 12. The molecule has 0 N–H and O–H groups in total. The molecule has 1 saturated carbocycles. The van der Waals surface area contributed by atoms with Gasteiger partial charge in [-0.1, -0.05) is 122 Å². The van der Waals surface area contributed by atoms with Gasteiger partial charge in [-0.3, -0.25) is 0 Å². The maximum absolute atomic E-state index is 5.39. The van der Waals surface area contributed by atoms with Gasteiger partial charge in [0.2, 0.25) is 0 Å². The SMILES string of the molecule is COc1ccc(/C=C/C(Cc2ccccc2)C2CCCCC2C(/C=C/c2ccc(OC)cc2)Cc2ccccc2)cc1. The summed E-state index contributed by atoms with van der Waals surface area (Å²) >= 11 is 0. The van der Waals surface area contributed by atoms with Crippen molar-refractivity contribution in [3.63, 3.8) is 0 Å².